The van der Waals surface area contributed by atoms with E-state index in [4.69, 9.17) is 9.57 Å². The number of aliphatic hydroxyl groups excluding tert-OH is 1. The van der Waals surface area contributed by atoms with Gasteiger partial charge in [0.1, 0.15) is 18.1 Å². The molecule has 0 saturated carbocycles. The topological polar surface area (TPSA) is 102 Å². The van der Waals surface area contributed by atoms with E-state index < -0.39 is 15.7 Å². The first-order valence-corrected chi connectivity index (χ1v) is 12.4. The Labute approximate surface area is 192 Å². The average molecular weight is 476 g/mol. The molecule has 0 fully saturated rings. The molecule has 0 bridgehead atoms. The van der Waals surface area contributed by atoms with Crippen molar-refractivity contribution in [1.29, 1.82) is 0 Å². The molecule has 1 atom stereocenters. The largest absolute Gasteiger partial charge is 0.511 e. The molecule has 0 radical (unpaired) electrons. The number of carbonyl (C=O) groups is 1. The summed E-state index contributed by atoms with van der Waals surface area (Å²) in [6.07, 6.45) is 1.86. The van der Waals surface area contributed by atoms with Crippen molar-refractivity contribution >= 4 is 21.3 Å². The molecular weight excluding hydrogens is 449 g/mol. The number of sulfone groups is 1. The number of aliphatic hydroxyl groups is 1. The van der Waals surface area contributed by atoms with Crippen molar-refractivity contribution in [2.24, 2.45) is 5.16 Å². The molecule has 9 heteroatoms. The molecule has 2 aromatic rings. The van der Waals surface area contributed by atoms with E-state index in [1.165, 1.54) is 12.1 Å². The summed E-state index contributed by atoms with van der Waals surface area (Å²) in [6.45, 7) is 3.98. The van der Waals surface area contributed by atoms with Gasteiger partial charge in [0.15, 0.2) is 27.2 Å². The lowest BCUT2D eigenvalue weighted by molar-refractivity contribution is -0.116. The van der Waals surface area contributed by atoms with Crippen molar-refractivity contribution in [3.8, 4) is 11.5 Å². The Morgan fingerprint density at radius 3 is 2.55 bits per heavy atom. The van der Waals surface area contributed by atoms with E-state index in [0.717, 1.165) is 17.9 Å². The van der Waals surface area contributed by atoms with Gasteiger partial charge in [-0.2, -0.15) is 0 Å². The molecule has 0 aromatic heterocycles. The fourth-order valence-electron chi connectivity index (χ4n) is 3.64. The van der Waals surface area contributed by atoms with Gasteiger partial charge in [0.05, 0.1) is 16.2 Å². The van der Waals surface area contributed by atoms with Crippen LogP contribution in [0.2, 0.25) is 0 Å². The lowest BCUT2D eigenvalue weighted by Gasteiger charge is -2.24. The summed E-state index contributed by atoms with van der Waals surface area (Å²) >= 11 is 0. The van der Waals surface area contributed by atoms with Gasteiger partial charge in [0.25, 0.3) is 0 Å². The highest BCUT2D eigenvalue weighted by atomic mass is 32.2. The van der Waals surface area contributed by atoms with Gasteiger partial charge in [-0.05, 0) is 55.2 Å². The summed E-state index contributed by atoms with van der Waals surface area (Å²) in [4.78, 5) is 17.7. The van der Waals surface area contributed by atoms with Crippen molar-refractivity contribution in [3.63, 3.8) is 0 Å². The first-order chi connectivity index (χ1) is 15.6. The predicted molar refractivity (Wildman–Crippen MR) is 122 cm³/mol. The Hall–Kier alpha value is -3.20. The van der Waals surface area contributed by atoms with Crippen molar-refractivity contribution in [1.82, 2.24) is 0 Å². The highest BCUT2D eigenvalue weighted by Gasteiger charge is 2.31. The second-order valence-corrected chi connectivity index (χ2v) is 9.71. The minimum atomic E-state index is -3.54. The second kappa shape index (κ2) is 10.2. The van der Waals surface area contributed by atoms with E-state index in [9.17, 15) is 22.7 Å². The number of ketones is 1. The third-order valence-corrected chi connectivity index (χ3v) is 6.37. The molecule has 0 aliphatic heterocycles. The van der Waals surface area contributed by atoms with Gasteiger partial charge in [-0.3, -0.25) is 4.79 Å². The van der Waals surface area contributed by atoms with Crippen molar-refractivity contribution in [2.45, 2.75) is 43.9 Å². The van der Waals surface area contributed by atoms with E-state index >= 15 is 0 Å². The first-order valence-electron chi connectivity index (χ1n) is 10.6. The van der Waals surface area contributed by atoms with Crippen LogP contribution in [-0.4, -0.2) is 37.9 Å². The van der Waals surface area contributed by atoms with E-state index in [0.29, 0.717) is 24.5 Å². The lowest BCUT2D eigenvalue weighted by atomic mass is 9.81. The van der Waals surface area contributed by atoms with Crippen molar-refractivity contribution in [3.05, 3.63) is 65.2 Å². The Morgan fingerprint density at radius 1 is 1.18 bits per heavy atom. The number of benzene rings is 2. The smallest absolute Gasteiger partial charge is 0.175 e. The minimum absolute atomic E-state index is 0.0368. The zero-order valence-corrected chi connectivity index (χ0v) is 19.5. The molecule has 1 aliphatic carbocycles. The van der Waals surface area contributed by atoms with Crippen molar-refractivity contribution in [2.75, 3.05) is 12.9 Å². The maximum atomic E-state index is 14.4. The summed E-state index contributed by atoms with van der Waals surface area (Å²) in [5, 5.41) is 14.6. The van der Waals surface area contributed by atoms with E-state index in [1.54, 1.807) is 31.2 Å². The van der Waals surface area contributed by atoms with Crippen LogP contribution in [0.4, 0.5) is 4.39 Å². The Morgan fingerprint density at radius 2 is 1.94 bits per heavy atom. The van der Waals surface area contributed by atoms with Crippen LogP contribution in [0.15, 0.2) is 63.8 Å². The summed E-state index contributed by atoms with van der Waals surface area (Å²) in [6, 6.07) is 10.3. The Balaban J connectivity index is 1.83. The summed E-state index contributed by atoms with van der Waals surface area (Å²) < 4.78 is 43.2. The van der Waals surface area contributed by atoms with Crippen LogP contribution in [0.5, 0.6) is 11.5 Å². The predicted octanol–water partition coefficient (Wildman–Crippen LogP) is 5.08. The molecule has 0 saturated heterocycles. The summed E-state index contributed by atoms with van der Waals surface area (Å²) in [7, 11) is -3.54. The molecule has 1 aliphatic rings. The van der Waals surface area contributed by atoms with Crippen LogP contribution < -0.4 is 4.74 Å². The first kappa shape index (κ1) is 24.4. The third kappa shape index (κ3) is 5.78. The molecule has 7 nitrogen and oxygen atoms in total. The number of ether oxygens (including phenoxy) is 1. The quantitative estimate of drug-likeness (QED) is 0.422. The fourth-order valence-corrected chi connectivity index (χ4v) is 4.27. The molecule has 3 rings (SSSR count). The maximum absolute atomic E-state index is 14.4. The van der Waals surface area contributed by atoms with E-state index in [-0.39, 0.29) is 46.5 Å². The summed E-state index contributed by atoms with van der Waals surface area (Å²) in [5.41, 5.74) is 1.38. The molecule has 0 spiro atoms. The third-order valence-electron chi connectivity index (χ3n) is 5.26. The van der Waals surface area contributed by atoms with Crippen LogP contribution in [0.25, 0.3) is 0 Å². The highest BCUT2D eigenvalue weighted by Crippen LogP contribution is 2.36. The number of rotatable bonds is 8. The van der Waals surface area contributed by atoms with Crippen LogP contribution in [-0.2, 0) is 19.5 Å². The number of carbonyl (C=O) groups excluding carboxylic acids is 1. The van der Waals surface area contributed by atoms with Crippen LogP contribution >= 0.6 is 0 Å². The van der Waals surface area contributed by atoms with E-state index in [1.807, 2.05) is 6.92 Å². The van der Waals surface area contributed by atoms with Gasteiger partial charge in [-0.25, -0.2) is 12.8 Å². The van der Waals surface area contributed by atoms with Gasteiger partial charge in [0.2, 0.25) is 0 Å². The van der Waals surface area contributed by atoms with E-state index in [2.05, 4.69) is 5.16 Å². The summed E-state index contributed by atoms with van der Waals surface area (Å²) in [5.74, 6) is -1.14. The molecule has 1 N–H and O–H groups in total. The van der Waals surface area contributed by atoms with Gasteiger partial charge in [-0.1, -0.05) is 24.2 Å². The van der Waals surface area contributed by atoms with Gasteiger partial charge < -0.3 is 14.7 Å². The second-order valence-electron chi connectivity index (χ2n) is 7.70. The van der Waals surface area contributed by atoms with Gasteiger partial charge in [0, 0.05) is 19.1 Å². The van der Waals surface area contributed by atoms with Gasteiger partial charge in [-0.15, -0.1) is 0 Å². The Bertz CT molecular complexity index is 1220. The zero-order chi connectivity index (χ0) is 24.2. The number of allylic oxidation sites excluding steroid dienone is 2. The zero-order valence-electron chi connectivity index (χ0n) is 18.7. The molecule has 2 aromatic carbocycles. The highest BCUT2D eigenvalue weighted by molar-refractivity contribution is 7.90. The van der Waals surface area contributed by atoms with Crippen LogP contribution in [0.3, 0.4) is 0 Å². The number of nitrogens with zero attached hydrogens (tertiary/aromatic N) is 1. The molecular formula is C24H26FNO6S. The molecule has 33 heavy (non-hydrogen) atoms. The number of Topliss-reactive ketones (excluding diaryl/α,β-unsaturated/α-hetero) is 1. The number of oxime groups is 1. The molecule has 1 unspecified atom stereocenters. The standard InChI is InChI=1S/C24H26FNO6S/c1-4-20(26-31-5-2)24-21(27)12-16(13-22(24)28)15-7-6-8-17(11-15)32-23-10-9-18(14-19(23)25)33(3,29)30/h6-11,14,16,27H,4-5,12-13H2,1-3H3. The molecule has 0 amide bonds. The van der Waals surface area contributed by atoms with Crippen LogP contribution in [0, 0.1) is 5.82 Å². The van der Waals surface area contributed by atoms with Crippen LogP contribution in [0.1, 0.15) is 44.6 Å². The molecule has 176 valence electrons. The number of hydrogen-bond donors (Lipinski definition) is 1. The average Bonchev–Trinajstić information content (AvgIpc) is 2.76. The minimum Gasteiger partial charge on any atom is -0.511 e. The molecule has 0 heterocycles. The maximum Gasteiger partial charge on any atom is 0.175 e. The SMILES string of the molecule is CCON=C(CC)C1=C(O)CC(c2cccc(Oc3ccc(S(C)(=O)=O)cc3F)c2)CC1=O. The fraction of sp³-hybridized carbons (Fsp3) is 0.333. The monoisotopic (exact) mass is 475 g/mol. The normalized spacial score (nSPS) is 17.3. The number of halogens is 1. The van der Waals surface area contributed by atoms with Crippen molar-refractivity contribution < 1.29 is 32.3 Å². The van der Waals surface area contributed by atoms with Gasteiger partial charge >= 0.3 is 0 Å². The lowest BCUT2D eigenvalue weighted by Crippen LogP contribution is -2.23. The Kier molecular flexibility index (Phi) is 7.53. The number of hydrogen-bond acceptors (Lipinski definition) is 7.